The van der Waals surface area contributed by atoms with Crippen LogP contribution in [0.5, 0.6) is 0 Å². The number of rotatable bonds is 3. The van der Waals surface area contributed by atoms with E-state index in [-0.39, 0.29) is 5.39 Å². The van der Waals surface area contributed by atoms with Gasteiger partial charge in [0.25, 0.3) is 0 Å². The minimum atomic E-state index is -0.824. The summed E-state index contributed by atoms with van der Waals surface area (Å²) >= 11 is 0. The van der Waals surface area contributed by atoms with Crippen LogP contribution in [0.1, 0.15) is 68.1 Å². The van der Waals surface area contributed by atoms with E-state index in [4.69, 9.17) is 0 Å². The van der Waals surface area contributed by atoms with Crippen molar-refractivity contribution in [1.82, 2.24) is 0 Å². The summed E-state index contributed by atoms with van der Waals surface area (Å²) in [5, 5.41) is 0.943. The molecule has 0 atom stereocenters. The van der Waals surface area contributed by atoms with Crippen molar-refractivity contribution in [1.29, 1.82) is 0 Å². The number of benzene rings is 3. The van der Waals surface area contributed by atoms with Gasteiger partial charge in [-0.05, 0) is 78.8 Å². The van der Waals surface area contributed by atoms with Gasteiger partial charge in [0.05, 0.1) is 0 Å². The van der Waals surface area contributed by atoms with Crippen molar-refractivity contribution in [3.05, 3.63) is 82.9 Å². The third-order valence-electron chi connectivity index (χ3n) is 6.18. The van der Waals surface area contributed by atoms with Gasteiger partial charge in [0.1, 0.15) is 0 Å². The molecule has 0 saturated heterocycles. The summed E-state index contributed by atoms with van der Waals surface area (Å²) in [6.45, 7) is 2.28. The van der Waals surface area contributed by atoms with Gasteiger partial charge in [-0.25, -0.2) is 8.78 Å². The highest BCUT2D eigenvalue weighted by atomic mass is 19.2. The van der Waals surface area contributed by atoms with E-state index in [0.29, 0.717) is 11.3 Å². The molecule has 0 aliphatic heterocycles. The van der Waals surface area contributed by atoms with Gasteiger partial charge in [0.2, 0.25) is 0 Å². The highest BCUT2D eigenvalue weighted by Crippen LogP contribution is 2.37. The van der Waals surface area contributed by atoms with Gasteiger partial charge < -0.3 is 0 Å². The molecule has 2 heteroatoms. The lowest BCUT2D eigenvalue weighted by Crippen LogP contribution is -2.13. The molecule has 0 unspecified atom stereocenters. The van der Waals surface area contributed by atoms with E-state index in [1.807, 2.05) is 0 Å². The zero-order chi connectivity index (χ0) is 20.2. The molecule has 0 aromatic heterocycles. The lowest BCUT2D eigenvalue weighted by atomic mass is 9.77. The van der Waals surface area contributed by atoms with Gasteiger partial charge in [0.15, 0.2) is 11.6 Å². The van der Waals surface area contributed by atoms with Crippen molar-refractivity contribution in [3.8, 4) is 11.8 Å². The predicted molar refractivity (Wildman–Crippen MR) is 116 cm³/mol. The first-order valence-electron chi connectivity index (χ1n) is 10.6. The van der Waals surface area contributed by atoms with E-state index in [9.17, 15) is 8.78 Å². The summed E-state index contributed by atoms with van der Waals surface area (Å²) in [5.74, 6) is 6.31. The van der Waals surface area contributed by atoms with E-state index in [1.165, 1.54) is 44.1 Å². The molecule has 0 nitrogen and oxygen atoms in total. The number of halogens is 2. The molecule has 1 fully saturated rings. The Balaban J connectivity index is 1.45. The van der Waals surface area contributed by atoms with Crippen LogP contribution in [0.25, 0.3) is 10.8 Å². The molecule has 0 radical (unpaired) electrons. The van der Waals surface area contributed by atoms with Crippen LogP contribution in [-0.4, -0.2) is 0 Å². The van der Waals surface area contributed by atoms with Crippen LogP contribution in [0.2, 0.25) is 0 Å². The van der Waals surface area contributed by atoms with Crippen LogP contribution in [-0.2, 0) is 0 Å². The summed E-state index contributed by atoms with van der Waals surface area (Å²) in [7, 11) is 0. The molecule has 0 amide bonds. The number of fused-ring (bicyclic) bond motifs is 1. The third kappa shape index (κ3) is 4.51. The Morgan fingerprint density at radius 2 is 1.52 bits per heavy atom. The lowest BCUT2D eigenvalue weighted by molar-refractivity contribution is 0.308. The van der Waals surface area contributed by atoms with Gasteiger partial charge in [-0.15, -0.1) is 0 Å². The Labute approximate surface area is 172 Å². The third-order valence-corrected chi connectivity index (χ3v) is 6.18. The Hall–Kier alpha value is -2.66. The van der Waals surface area contributed by atoms with E-state index in [1.54, 1.807) is 24.3 Å². The zero-order valence-electron chi connectivity index (χ0n) is 16.8. The van der Waals surface area contributed by atoms with Crippen LogP contribution in [0.15, 0.2) is 54.6 Å². The first-order valence-corrected chi connectivity index (χ1v) is 10.6. The molecule has 0 N–H and O–H groups in total. The molecular weight excluding hydrogens is 362 g/mol. The second-order valence-corrected chi connectivity index (χ2v) is 8.18. The van der Waals surface area contributed by atoms with Crippen LogP contribution < -0.4 is 0 Å². The second-order valence-electron chi connectivity index (χ2n) is 8.18. The Bertz CT molecular complexity index is 1050. The molecule has 1 saturated carbocycles. The fourth-order valence-corrected chi connectivity index (χ4v) is 4.52. The van der Waals surface area contributed by atoms with E-state index < -0.39 is 11.6 Å². The van der Waals surface area contributed by atoms with Gasteiger partial charge in [-0.2, -0.15) is 0 Å². The average Bonchev–Trinajstić information content (AvgIpc) is 2.76. The Morgan fingerprint density at radius 3 is 2.24 bits per heavy atom. The smallest absolute Gasteiger partial charge is 0.166 e. The normalized spacial score (nSPS) is 19.0. The molecule has 148 valence electrons. The number of hydrogen-bond donors (Lipinski definition) is 0. The summed E-state index contributed by atoms with van der Waals surface area (Å²) < 4.78 is 27.2. The molecular formula is C27H26F2. The fraction of sp³-hybridized carbons (Fsp3) is 0.333. The average molecular weight is 389 g/mol. The van der Waals surface area contributed by atoms with E-state index in [2.05, 4.69) is 43.0 Å². The molecule has 0 heterocycles. The van der Waals surface area contributed by atoms with Gasteiger partial charge >= 0.3 is 0 Å². The molecule has 29 heavy (non-hydrogen) atoms. The largest absolute Gasteiger partial charge is 0.204 e. The Kier molecular flexibility index (Phi) is 5.95. The molecule has 1 aliphatic rings. The monoisotopic (exact) mass is 388 g/mol. The fourth-order valence-electron chi connectivity index (χ4n) is 4.52. The quantitative estimate of drug-likeness (QED) is 0.405. The summed E-state index contributed by atoms with van der Waals surface area (Å²) in [5.41, 5.74) is 3.19. The summed E-state index contributed by atoms with van der Waals surface area (Å²) in [6, 6.07) is 16.5. The Morgan fingerprint density at radius 1 is 0.828 bits per heavy atom. The number of hydrogen-bond acceptors (Lipinski definition) is 0. The molecule has 3 aromatic carbocycles. The minimum Gasteiger partial charge on any atom is -0.204 e. The zero-order valence-corrected chi connectivity index (χ0v) is 16.8. The topological polar surface area (TPSA) is 0 Å². The lowest BCUT2D eigenvalue weighted by Gasteiger charge is -2.28. The summed E-state index contributed by atoms with van der Waals surface area (Å²) in [6.07, 6.45) is 7.97. The molecule has 0 spiro atoms. The SMILES string of the molecule is CCCC1CCC(c2ccc(C#Cc3ccc4c(F)c(F)ccc4c3)cc2)CC1. The van der Waals surface area contributed by atoms with E-state index >= 15 is 0 Å². The highest BCUT2D eigenvalue weighted by molar-refractivity contribution is 5.84. The predicted octanol–water partition coefficient (Wildman–Crippen LogP) is 7.59. The van der Waals surface area contributed by atoms with Crippen molar-refractivity contribution >= 4 is 10.8 Å². The molecule has 3 aromatic rings. The van der Waals surface area contributed by atoms with Crippen molar-refractivity contribution in [2.45, 2.75) is 51.4 Å². The van der Waals surface area contributed by atoms with Gasteiger partial charge in [-0.1, -0.05) is 55.9 Å². The first kappa shape index (κ1) is 19.6. The summed E-state index contributed by atoms with van der Waals surface area (Å²) in [4.78, 5) is 0. The van der Waals surface area contributed by atoms with Crippen molar-refractivity contribution in [2.24, 2.45) is 5.92 Å². The second kappa shape index (κ2) is 8.78. The molecule has 1 aliphatic carbocycles. The molecule has 0 bridgehead atoms. The molecule has 4 rings (SSSR count). The van der Waals surface area contributed by atoms with Crippen molar-refractivity contribution < 1.29 is 8.78 Å². The first-order chi connectivity index (χ1) is 14.1. The standard InChI is InChI=1S/C27H26F2/c1-2-3-19-6-11-22(12-7-19)23-13-8-20(9-14-23)4-5-21-10-16-25-24(18-21)15-17-26(28)27(25)29/h8-10,13-19,22H,2-3,6-7,11-12H2,1H3. The van der Waals surface area contributed by atoms with Crippen LogP contribution in [0.4, 0.5) is 8.78 Å². The van der Waals surface area contributed by atoms with Crippen LogP contribution in [0, 0.1) is 29.4 Å². The van der Waals surface area contributed by atoms with E-state index in [0.717, 1.165) is 23.1 Å². The van der Waals surface area contributed by atoms with Gasteiger partial charge in [0, 0.05) is 16.5 Å². The maximum Gasteiger partial charge on any atom is 0.166 e. The maximum absolute atomic E-state index is 13.8. The maximum atomic E-state index is 13.8. The van der Waals surface area contributed by atoms with Crippen molar-refractivity contribution in [2.75, 3.05) is 0 Å². The minimum absolute atomic E-state index is 0.286. The van der Waals surface area contributed by atoms with Crippen LogP contribution >= 0.6 is 0 Å². The van der Waals surface area contributed by atoms with Crippen molar-refractivity contribution in [3.63, 3.8) is 0 Å². The highest BCUT2D eigenvalue weighted by Gasteiger charge is 2.21. The van der Waals surface area contributed by atoms with Gasteiger partial charge in [-0.3, -0.25) is 0 Å². The van der Waals surface area contributed by atoms with Crippen LogP contribution in [0.3, 0.4) is 0 Å².